The zero-order chi connectivity index (χ0) is 7.72. The molecule has 0 aliphatic carbocycles. The van der Waals surface area contributed by atoms with Gasteiger partial charge in [0.1, 0.15) is 0 Å². The molecule has 0 saturated carbocycles. The Balaban J connectivity index is 0.000001000. The maximum atomic E-state index is 5.67. The van der Waals surface area contributed by atoms with E-state index < -0.39 is 0 Å². The van der Waals surface area contributed by atoms with Gasteiger partial charge in [-0.25, -0.2) is 0 Å². The molecule has 0 spiro atoms. The van der Waals surface area contributed by atoms with Crippen LogP contribution >= 0.6 is 12.4 Å². The molecular formula is C7H14ClN3. The van der Waals surface area contributed by atoms with Crippen LogP contribution in [-0.2, 0) is 7.05 Å². The fraction of sp³-hybridized carbons (Fsp3) is 0.571. The van der Waals surface area contributed by atoms with Crippen molar-refractivity contribution in [2.45, 2.75) is 19.9 Å². The Bertz CT molecular complexity index is 230. The van der Waals surface area contributed by atoms with Gasteiger partial charge in [-0.15, -0.1) is 12.4 Å². The average Bonchev–Trinajstić information content (AvgIpc) is 2.14. The molecule has 0 amide bonds. The minimum absolute atomic E-state index is 0. The van der Waals surface area contributed by atoms with Crippen LogP contribution < -0.4 is 5.73 Å². The summed E-state index contributed by atoms with van der Waals surface area (Å²) < 4.78 is 1.83. The first-order valence-electron chi connectivity index (χ1n) is 3.37. The van der Waals surface area contributed by atoms with Crippen LogP contribution in [0.15, 0.2) is 6.20 Å². The van der Waals surface area contributed by atoms with E-state index in [9.17, 15) is 0 Å². The molecule has 3 nitrogen and oxygen atoms in total. The van der Waals surface area contributed by atoms with Crippen molar-refractivity contribution in [2.75, 3.05) is 0 Å². The summed E-state index contributed by atoms with van der Waals surface area (Å²) in [7, 11) is 1.92. The third kappa shape index (κ3) is 1.94. The van der Waals surface area contributed by atoms with E-state index in [1.54, 1.807) is 0 Å². The predicted molar refractivity (Wildman–Crippen MR) is 47.8 cm³/mol. The fourth-order valence-electron chi connectivity index (χ4n) is 0.963. The quantitative estimate of drug-likeness (QED) is 0.697. The first-order chi connectivity index (χ1) is 4.63. The lowest BCUT2D eigenvalue weighted by Crippen LogP contribution is -2.06. The predicted octanol–water partition coefficient (Wildman–Crippen LogP) is 1.17. The van der Waals surface area contributed by atoms with Crippen molar-refractivity contribution in [1.82, 2.24) is 9.78 Å². The van der Waals surface area contributed by atoms with Crippen LogP contribution in [0.5, 0.6) is 0 Å². The van der Waals surface area contributed by atoms with Gasteiger partial charge in [-0.3, -0.25) is 4.68 Å². The molecule has 1 atom stereocenters. The van der Waals surface area contributed by atoms with Gasteiger partial charge in [-0.1, -0.05) is 0 Å². The average molecular weight is 176 g/mol. The van der Waals surface area contributed by atoms with Gasteiger partial charge in [0.2, 0.25) is 0 Å². The number of aryl methyl sites for hydroxylation is 1. The smallest absolute Gasteiger partial charge is 0.0540 e. The molecule has 1 aromatic heterocycles. The molecule has 11 heavy (non-hydrogen) atoms. The van der Waals surface area contributed by atoms with Crippen LogP contribution in [0.1, 0.15) is 24.2 Å². The highest BCUT2D eigenvalue weighted by molar-refractivity contribution is 5.85. The fourth-order valence-corrected chi connectivity index (χ4v) is 0.963. The maximum Gasteiger partial charge on any atom is 0.0540 e. The molecule has 0 radical (unpaired) electrons. The number of rotatable bonds is 1. The Morgan fingerprint density at radius 2 is 2.18 bits per heavy atom. The van der Waals surface area contributed by atoms with E-state index in [1.165, 1.54) is 0 Å². The van der Waals surface area contributed by atoms with E-state index in [0.29, 0.717) is 0 Å². The molecule has 0 bridgehead atoms. The molecule has 0 aliphatic heterocycles. The maximum absolute atomic E-state index is 5.67. The molecule has 4 heteroatoms. The van der Waals surface area contributed by atoms with Crippen molar-refractivity contribution in [2.24, 2.45) is 12.8 Å². The lowest BCUT2D eigenvalue weighted by Gasteiger charge is -2.02. The third-order valence-corrected chi connectivity index (χ3v) is 1.76. The van der Waals surface area contributed by atoms with Crippen LogP contribution in [0.2, 0.25) is 0 Å². The minimum atomic E-state index is 0. The summed E-state index contributed by atoms with van der Waals surface area (Å²) >= 11 is 0. The molecule has 2 N–H and O–H groups in total. The first-order valence-corrected chi connectivity index (χ1v) is 3.37. The normalized spacial score (nSPS) is 12.4. The summed E-state index contributed by atoms with van der Waals surface area (Å²) in [5.41, 5.74) is 7.95. The van der Waals surface area contributed by atoms with Gasteiger partial charge in [-0.2, -0.15) is 5.10 Å². The van der Waals surface area contributed by atoms with Crippen LogP contribution in [0.25, 0.3) is 0 Å². The Hall–Kier alpha value is -0.540. The molecule has 0 fully saturated rings. The van der Waals surface area contributed by atoms with Gasteiger partial charge in [-0.05, 0) is 13.8 Å². The SMILES string of the molecule is Cc1c([C@@H](C)N)cnn1C.Cl. The van der Waals surface area contributed by atoms with E-state index in [0.717, 1.165) is 11.3 Å². The van der Waals surface area contributed by atoms with Crippen LogP contribution in [-0.4, -0.2) is 9.78 Å². The third-order valence-electron chi connectivity index (χ3n) is 1.76. The Morgan fingerprint density at radius 3 is 2.36 bits per heavy atom. The molecule has 1 rings (SSSR count). The van der Waals surface area contributed by atoms with Crippen molar-refractivity contribution < 1.29 is 0 Å². The number of nitrogens with two attached hydrogens (primary N) is 1. The van der Waals surface area contributed by atoms with Gasteiger partial charge < -0.3 is 5.73 Å². The number of hydrogen-bond donors (Lipinski definition) is 1. The second-order valence-corrected chi connectivity index (χ2v) is 2.60. The second kappa shape index (κ2) is 3.74. The van der Waals surface area contributed by atoms with Gasteiger partial charge in [0, 0.05) is 24.3 Å². The summed E-state index contributed by atoms with van der Waals surface area (Å²) in [6.07, 6.45) is 1.82. The summed E-state index contributed by atoms with van der Waals surface area (Å²) in [5, 5.41) is 4.07. The zero-order valence-corrected chi connectivity index (χ0v) is 7.85. The number of nitrogens with zero attached hydrogens (tertiary/aromatic N) is 2. The summed E-state index contributed by atoms with van der Waals surface area (Å²) in [6, 6.07) is 0.0914. The van der Waals surface area contributed by atoms with Crippen molar-refractivity contribution in [1.29, 1.82) is 0 Å². The van der Waals surface area contributed by atoms with Gasteiger partial charge in [0.05, 0.1) is 6.20 Å². The van der Waals surface area contributed by atoms with Crippen LogP contribution in [0.3, 0.4) is 0 Å². The molecule has 0 unspecified atom stereocenters. The first kappa shape index (κ1) is 10.5. The second-order valence-electron chi connectivity index (χ2n) is 2.60. The van der Waals surface area contributed by atoms with Crippen molar-refractivity contribution in [3.63, 3.8) is 0 Å². The molecule has 0 saturated heterocycles. The lowest BCUT2D eigenvalue weighted by molar-refractivity contribution is 0.730. The van der Waals surface area contributed by atoms with E-state index in [2.05, 4.69) is 5.10 Å². The van der Waals surface area contributed by atoms with Crippen LogP contribution in [0.4, 0.5) is 0 Å². The minimum Gasteiger partial charge on any atom is -0.324 e. The van der Waals surface area contributed by atoms with Gasteiger partial charge >= 0.3 is 0 Å². The summed E-state index contributed by atoms with van der Waals surface area (Å²) in [5.74, 6) is 0. The highest BCUT2D eigenvalue weighted by Gasteiger charge is 2.06. The highest BCUT2D eigenvalue weighted by atomic mass is 35.5. The monoisotopic (exact) mass is 175 g/mol. The van der Waals surface area contributed by atoms with E-state index >= 15 is 0 Å². The summed E-state index contributed by atoms with van der Waals surface area (Å²) in [4.78, 5) is 0. The number of halogens is 1. The topological polar surface area (TPSA) is 43.8 Å². The molecule has 0 aliphatic rings. The highest BCUT2D eigenvalue weighted by Crippen LogP contribution is 2.12. The largest absolute Gasteiger partial charge is 0.324 e. The molecule has 64 valence electrons. The van der Waals surface area contributed by atoms with E-state index in [-0.39, 0.29) is 18.4 Å². The lowest BCUT2D eigenvalue weighted by atomic mass is 10.1. The molecule has 1 aromatic rings. The summed E-state index contributed by atoms with van der Waals surface area (Å²) in [6.45, 7) is 3.98. The standard InChI is InChI=1S/C7H13N3.ClH/c1-5(8)7-4-9-10(3)6(7)2;/h4-5H,8H2,1-3H3;1H/t5-;/m1./s1. The van der Waals surface area contributed by atoms with Crippen molar-refractivity contribution >= 4 is 12.4 Å². The molecular weight excluding hydrogens is 162 g/mol. The molecule has 0 aromatic carbocycles. The Morgan fingerprint density at radius 1 is 1.64 bits per heavy atom. The number of hydrogen-bond acceptors (Lipinski definition) is 2. The van der Waals surface area contributed by atoms with Gasteiger partial charge in [0.25, 0.3) is 0 Å². The van der Waals surface area contributed by atoms with Crippen molar-refractivity contribution in [3.8, 4) is 0 Å². The van der Waals surface area contributed by atoms with E-state index in [1.807, 2.05) is 31.8 Å². The van der Waals surface area contributed by atoms with Gasteiger partial charge in [0.15, 0.2) is 0 Å². The molecule has 1 heterocycles. The zero-order valence-electron chi connectivity index (χ0n) is 7.03. The van der Waals surface area contributed by atoms with E-state index in [4.69, 9.17) is 5.73 Å². The van der Waals surface area contributed by atoms with Crippen molar-refractivity contribution in [3.05, 3.63) is 17.5 Å². The van der Waals surface area contributed by atoms with Crippen LogP contribution in [0, 0.1) is 6.92 Å². The number of aromatic nitrogens is 2. The Labute approximate surface area is 73.0 Å². The Kier molecular flexibility index (Phi) is 3.55.